The lowest BCUT2D eigenvalue weighted by molar-refractivity contribution is -0.124. The topological polar surface area (TPSA) is 50.8 Å². The van der Waals surface area contributed by atoms with E-state index < -0.39 is 5.66 Å². The van der Waals surface area contributed by atoms with Crippen LogP contribution in [-0.4, -0.2) is 31.3 Å². The fourth-order valence-corrected chi connectivity index (χ4v) is 4.76. The number of benzene rings is 2. The van der Waals surface area contributed by atoms with Gasteiger partial charge >= 0.3 is 0 Å². The van der Waals surface area contributed by atoms with Gasteiger partial charge in [0, 0.05) is 24.1 Å². The molecule has 2 heterocycles. The number of nitrogens with one attached hydrogen (secondary N) is 1. The number of rotatable bonds is 7. The Morgan fingerprint density at radius 3 is 2.68 bits per heavy atom. The predicted molar refractivity (Wildman–Crippen MR) is 125 cm³/mol. The van der Waals surface area contributed by atoms with Crippen molar-refractivity contribution in [1.82, 2.24) is 5.32 Å². The van der Waals surface area contributed by atoms with Crippen molar-refractivity contribution in [2.45, 2.75) is 51.6 Å². The van der Waals surface area contributed by atoms with Crippen LogP contribution in [0, 0.1) is 0 Å². The fourth-order valence-electron chi connectivity index (χ4n) is 4.76. The molecule has 1 N–H and O–H groups in total. The Balaban J connectivity index is 1.73. The van der Waals surface area contributed by atoms with Crippen molar-refractivity contribution in [3.63, 3.8) is 0 Å². The van der Waals surface area contributed by atoms with E-state index in [4.69, 9.17) is 9.47 Å². The van der Waals surface area contributed by atoms with Crippen molar-refractivity contribution < 1.29 is 14.3 Å². The molecule has 0 unspecified atom stereocenters. The molecule has 1 atom stereocenters. The normalized spacial score (nSPS) is 21.5. The first kappa shape index (κ1) is 21.3. The molecule has 0 saturated carbocycles. The van der Waals surface area contributed by atoms with Gasteiger partial charge in [-0.2, -0.15) is 0 Å². The fraction of sp³-hybridized carbons (Fsp3) is 0.423. The molecule has 2 aromatic rings. The third-order valence-corrected chi connectivity index (χ3v) is 6.39. The Labute approximate surface area is 185 Å². The van der Waals surface area contributed by atoms with Crippen LogP contribution in [0.1, 0.15) is 51.7 Å². The van der Waals surface area contributed by atoms with Gasteiger partial charge in [0.2, 0.25) is 5.91 Å². The summed E-state index contributed by atoms with van der Waals surface area (Å²) in [5.41, 5.74) is 2.54. The third kappa shape index (κ3) is 3.56. The lowest BCUT2D eigenvalue weighted by Gasteiger charge is -2.49. The molecule has 31 heavy (non-hydrogen) atoms. The van der Waals surface area contributed by atoms with E-state index in [0.29, 0.717) is 26.2 Å². The lowest BCUT2D eigenvalue weighted by Crippen LogP contribution is -2.68. The molecule has 4 rings (SSSR count). The van der Waals surface area contributed by atoms with Crippen molar-refractivity contribution in [1.29, 1.82) is 0 Å². The molecule has 1 amide bonds. The minimum atomic E-state index is -0.616. The summed E-state index contributed by atoms with van der Waals surface area (Å²) >= 11 is 0. The first-order chi connectivity index (χ1) is 14.9. The van der Waals surface area contributed by atoms with Gasteiger partial charge in [0.05, 0.1) is 13.2 Å². The molecule has 2 aromatic carbocycles. The van der Waals surface area contributed by atoms with Crippen molar-refractivity contribution in [3.8, 4) is 11.5 Å². The maximum atomic E-state index is 12.5. The van der Waals surface area contributed by atoms with Crippen molar-refractivity contribution in [3.05, 3.63) is 59.7 Å². The van der Waals surface area contributed by atoms with Crippen LogP contribution in [-0.2, 0) is 10.2 Å². The first-order valence-electron chi connectivity index (χ1n) is 11.2. The number of amides is 1. The van der Waals surface area contributed by atoms with Crippen molar-refractivity contribution in [2.24, 2.45) is 0 Å². The average Bonchev–Trinajstić information content (AvgIpc) is 2.96. The number of para-hydroxylation sites is 1. The van der Waals surface area contributed by atoms with Gasteiger partial charge in [-0.05, 0) is 48.7 Å². The molecular weight excluding hydrogens is 388 g/mol. The molecular formula is C26H32N2O3. The molecule has 1 saturated heterocycles. The quantitative estimate of drug-likeness (QED) is 0.692. The maximum Gasteiger partial charge on any atom is 0.223 e. The van der Waals surface area contributed by atoms with Gasteiger partial charge in [-0.15, -0.1) is 0 Å². The highest BCUT2D eigenvalue weighted by atomic mass is 16.5. The molecule has 0 bridgehead atoms. The summed E-state index contributed by atoms with van der Waals surface area (Å²) in [6.45, 7) is 10.4. The van der Waals surface area contributed by atoms with E-state index in [0.717, 1.165) is 23.5 Å². The van der Waals surface area contributed by atoms with E-state index in [9.17, 15) is 4.79 Å². The van der Waals surface area contributed by atoms with E-state index in [-0.39, 0.29) is 11.3 Å². The molecule has 1 fully saturated rings. The van der Waals surface area contributed by atoms with Gasteiger partial charge in [-0.3, -0.25) is 4.79 Å². The summed E-state index contributed by atoms with van der Waals surface area (Å²) in [6.07, 6.45) is 5.67. The van der Waals surface area contributed by atoms with E-state index in [2.05, 4.69) is 67.4 Å². The Morgan fingerprint density at radius 1 is 1.10 bits per heavy atom. The van der Waals surface area contributed by atoms with Crippen LogP contribution in [0.15, 0.2) is 48.5 Å². The van der Waals surface area contributed by atoms with Gasteiger partial charge in [-0.25, -0.2) is 0 Å². The van der Waals surface area contributed by atoms with E-state index in [1.165, 1.54) is 11.3 Å². The van der Waals surface area contributed by atoms with Gasteiger partial charge < -0.3 is 19.7 Å². The van der Waals surface area contributed by atoms with E-state index in [1.807, 2.05) is 25.1 Å². The second-order valence-electron chi connectivity index (χ2n) is 8.68. The number of anilines is 1. The van der Waals surface area contributed by atoms with Crippen LogP contribution in [0.5, 0.6) is 11.5 Å². The van der Waals surface area contributed by atoms with Gasteiger partial charge in [0.1, 0.15) is 5.66 Å². The van der Waals surface area contributed by atoms with Gasteiger partial charge in [0.25, 0.3) is 0 Å². The van der Waals surface area contributed by atoms with Crippen LogP contribution in [0.2, 0.25) is 0 Å². The molecule has 2 aliphatic heterocycles. The van der Waals surface area contributed by atoms with Crippen molar-refractivity contribution >= 4 is 17.7 Å². The zero-order chi connectivity index (χ0) is 22.1. The Hall–Kier alpha value is -2.95. The summed E-state index contributed by atoms with van der Waals surface area (Å²) in [5, 5.41) is 3.32. The molecule has 2 aliphatic rings. The molecule has 0 spiro atoms. The van der Waals surface area contributed by atoms with Crippen LogP contribution in [0.3, 0.4) is 0 Å². The van der Waals surface area contributed by atoms with E-state index >= 15 is 0 Å². The Kier molecular flexibility index (Phi) is 5.69. The standard InChI is InChI=1S/C26H32N2O3/c1-5-17-31-22-12-11-19(18-23(22)30-6-2)13-15-26-25(3,4)20-9-7-8-10-21(20)28(26)16-14-24(29)27-26/h7-13,15,18H,5-6,14,16-17H2,1-4H3,(H,27,29)/b15-13+/t26-/m0/s1. The minimum Gasteiger partial charge on any atom is -0.490 e. The largest absolute Gasteiger partial charge is 0.490 e. The summed E-state index contributed by atoms with van der Waals surface area (Å²) in [5.74, 6) is 1.59. The molecule has 0 aliphatic carbocycles. The Bertz CT molecular complexity index is 998. The number of ether oxygens (including phenoxy) is 2. The van der Waals surface area contributed by atoms with Crippen LogP contribution >= 0.6 is 0 Å². The third-order valence-electron chi connectivity index (χ3n) is 6.39. The second kappa shape index (κ2) is 8.29. The van der Waals surface area contributed by atoms with Crippen molar-refractivity contribution in [2.75, 3.05) is 24.7 Å². The summed E-state index contributed by atoms with van der Waals surface area (Å²) < 4.78 is 11.7. The summed E-state index contributed by atoms with van der Waals surface area (Å²) in [4.78, 5) is 14.9. The lowest BCUT2D eigenvalue weighted by atomic mass is 9.74. The maximum absolute atomic E-state index is 12.5. The highest BCUT2D eigenvalue weighted by Crippen LogP contribution is 2.52. The first-order valence-corrected chi connectivity index (χ1v) is 11.2. The monoisotopic (exact) mass is 420 g/mol. The number of hydrogen-bond donors (Lipinski definition) is 1. The number of fused-ring (bicyclic) bond motifs is 3. The van der Waals surface area contributed by atoms with Gasteiger partial charge in [-0.1, -0.05) is 51.1 Å². The smallest absolute Gasteiger partial charge is 0.223 e. The molecule has 164 valence electrons. The highest BCUT2D eigenvalue weighted by Gasteiger charge is 2.57. The van der Waals surface area contributed by atoms with Crippen LogP contribution in [0.4, 0.5) is 5.69 Å². The summed E-state index contributed by atoms with van der Waals surface area (Å²) in [6, 6.07) is 14.5. The SMILES string of the molecule is CCCOc1ccc(/C=C/[C@]23NC(=O)CCN2c2ccccc2C3(C)C)cc1OCC. The van der Waals surface area contributed by atoms with E-state index in [1.54, 1.807) is 0 Å². The van der Waals surface area contributed by atoms with Crippen LogP contribution in [0.25, 0.3) is 6.08 Å². The summed E-state index contributed by atoms with van der Waals surface area (Å²) in [7, 11) is 0. The molecule has 5 nitrogen and oxygen atoms in total. The number of hydrogen-bond acceptors (Lipinski definition) is 4. The van der Waals surface area contributed by atoms with Crippen LogP contribution < -0.4 is 19.7 Å². The number of carbonyl (C=O) groups excluding carboxylic acids is 1. The Morgan fingerprint density at radius 2 is 1.90 bits per heavy atom. The number of nitrogens with zero attached hydrogens (tertiary/aromatic N) is 1. The average molecular weight is 421 g/mol. The zero-order valence-electron chi connectivity index (χ0n) is 18.9. The zero-order valence-corrected chi connectivity index (χ0v) is 18.9. The second-order valence-corrected chi connectivity index (χ2v) is 8.68. The molecule has 0 radical (unpaired) electrons. The molecule has 0 aromatic heterocycles. The molecule has 5 heteroatoms. The highest BCUT2D eigenvalue weighted by molar-refractivity contribution is 5.84. The predicted octanol–water partition coefficient (Wildman–Crippen LogP) is 4.90. The van der Waals surface area contributed by atoms with Gasteiger partial charge in [0.15, 0.2) is 11.5 Å². The minimum absolute atomic E-state index is 0.0834. The number of carbonyl (C=O) groups is 1.